The number of fused-ring (bicyclic) bond motifs is 3. The summed E-state index contributed by atoms with van der Waals surface area (Å²) in [6, 6.07) is 7.84. The summed E-state index contributed by atoms with van der Waals surface area (Å²) in [4.78, 5) is 12.8. The highest BCUT2D eigenvalue weighted by Gasteiger charge is 2.62. The second-order valence-electron chi connectivity index (χ2n) is 10.6. The lowest BCUT2D eigenvalue weighted by Crippen LogP contribution is -2.53. The summed E-state index contributed by atoms with van der Waals surface area (Å²) in [7, 11) is 0. The lowest BCUT2D eigenvalue weighted by molar-refractivity contribution is -0.379. The molecule has 3 saturated carbocycles. The van der Waals surface area contributed by atoms with Gasteiger partial charge in [-0.05, 0) is 98.7 Å². The Bertz CT molecular complexity index is 715. The maximum atomic E-state index is 9.93. The predicted octanol–water partition coefficient (Wildman–Crippen LogP) is 6.36. The molecule has 5 rings (SSSR count). The third kappa shape index (κ3) is 3.10. The van der Waals surface area contributed by atoms with Crippen molar-refractivity contribution in [2.75, 3.05) is 0 Å². The number of phenolic OH excluding ortho intramolecular Hbond substituents is 1. The molecule has 1 heterocycles. The fraction of sp³-hybridized carbons (Fsp3) is 0.760. The van der Waals surface area contributed by atoms with Crippen molar-refractivity contribution >= 4 is 0 Å². The molecule has 3 nitrogen and oxygen atoms in total. The first kappa shape index (κ1) is 18.9. The number of benzene rings is 1. The summed E-state index contributed by atoms with van der Waals surface area (Å²) in [6.07, 6.45) is 12.2. The zero-order valence-corrected chi connectivity index (χ0v) is 17.5. The van der Waals surface area contributed by atoms with Gasteiger partial charge in [-0.15, -0.1) is 0 Å². The van der Waals surface area contributed by atoms with E-state index in [2.05, 4.69) is 19.9 Å². The van der Waals surface area contributed by atoms with Crippen LogP contribution in [0.1, 0.15) is 89.5 Å². The third-order valence-electron chi connectivity index (χ3n) is 8.65. The molecular formula is C25H36O3. The van der Waals surface area contributed by atoms with Crippen molar-refractivity contribution < 1.29 is 14.9 Å². The second kappa shape index (κ2) is 7.02. The van der Waals surface area contributed by atoms with Crippen molar-refractivity contribution in [2.45, 2.75) is 95.2 Å². The molecule has 3 aliphatic carbocycles. The molecule has 1 N–H and O–H groups in total. The average molecular weight is 385 g/mol. The van der Waals surface area contributed by atoms with E-state index in [1.54, 1.807) is 6.07 Å². The summed E-state index contributed by atoms with van der Waals surface area (Å²) < 4.78 is 0. The minimum atomic E-state index is -0.130. The molecule has 3 heteroatoms. The Balaban J connectivity index is 1.40. The molecule has 154 valence electrons. The van der Waals surface area contributed by atoms with Crippen LogP contribution in [0.2, 0.25) is 0 Å². The summed E-state index contributed by atoms with van der Waals surface area (Å²) in [5, 5.41) is 9.93. The van der Waals surface area contributed by atoms with Crippen molar-refractivity contribution in [1.82, 2.24) is 0 Å². The minimum absolute atomic E-state index is 0.0549. The number of aromatic hydroxyl groups is 1. The standard InChI is InChI=1S/C25H36O3/c1-3-21-12-18-10-17(2)11-22(13-18)25(21)16-24(27-28-25)9-5-7-20(15-24)19-6-4-8-23(26)14-19/h4,6,8,14,17-18,20-22,26H,3,5,7,9-13,15-16H2,1-2H3/t17?,18?,20-,21?,22?,24-,25+/m1/s1. The Morgan fingerprint density at radius 1 is 1.14 bits per heavy atom. The van der Waals surface area contributed by atoms with E-state index in [9.17, 15) is 5.11 Å². The highest BCUT2D eigenvalue weighted by molar-refractivity contribution is 5.30. The quantitative estimate of drug-likeness (QED) is 0.603. The fourth-order valence-electron chi connectivity index (χ4n) is 7.56. The maximum absolute atomic E-state index is 9.93. The van der Waals surface area contributed by atoms with Gasteiger partial charge in [0.1, 0.15) is 17.0 Å². The topological polar surface area (TPSA) is 38.7 Å². The Labute approximate surface area is 169 Å². The van der Waals surface area contributed by atoms with Crippen LogP contribution in [-0.4, -0.2) is 16.3 Å². The van der Waals surface area contributed by atoms with Gasteiger partial charge in [-0.3, -0.25) is 0 Å². The lowest BCUT2D eigenvalue weighted by atomic mass is 9.54. The van der Waals surface area contributed by atoms with Gasteiger partial charge in [-0.1, -0.05) is 32.4 Å². The molecule has 7 atom stereocenters. The van der Waals surface area contributed by atoms with Crippen molar-refractivity contribution in [3.05, 3.63) is 29.8 Å². The Morgan fingerprint density at radius 3 is 2.86 bits per heavy atom. The van der Waals surface area contributed by atoms with Crippen molar-refractivity contribution in [2.24, 2.45) is 23.7 Å². The van der Waals surface area contributed by atoms with Gasteiger partial charge >= 0.3 is 0 Å². The van der Waals surface area contributed by atoms with Gasteiger partial charge in [-0.2, -0.15) is 0 Å². The van der Waals surface area contributed by atoms with Crippen molar-refractivity contribution in [1.29, 1.82) is 0 Å². The third-order valence-corrected chi connectivity index (χ3v) is 8.65. The summed E-state index contributed by atoms with van der Waals surface area (Å²) in [5.74, 6) is 3.87. The fourth-order valence-corrected chi connectivity index (χ4v) is 7.56. The monoisotopic (exact) mass is 384 g/mol. The average Bonchev–Trinajstić information content (AvgIpc) is 3.04. The first-order chi connectivity index (χ1) is 13.5. The van der Waals surface area contributed by atoms with Crippen LogP contribution in [-0.2, 0) is 9.78 Å². The Kier molecular flexibility index (Phi) is 4.75. The molecule has 0 amide bonds. The number of hydrogen-bond acceptors (Lipinski definition) is 3. The lowest BCUT2D eigenvalue weighted by Gasteiger charge is -2.52. The molecule has 1 aromatic rings. The molecule has 1 aromatic carbocycles. The van der Waals surface area contributed by atoms with Crippen LogP contribution in [0.3, 0.4) is 0 Å². The molecular weight excluding hydrogens is 348 g/mol. The van der Waals surface area contributed by atoms with E-state index in [0.29, 0.717) is 23.5 Å². The van der Waals surface area contributed by atoms with Crippen LogP contribution < -0.4 is 0 Å². The molecule has 4 aliphatic rings. The van der Waals surface area contributed by atoms with Crippen LogP contribution in [0.25, 0.3) is 0 Å². The predicted molar refractivity (Wildman–Crippen MR) is 110 cm³/mol. The van der Waals surface area contributed by atoms with E-state index >= 15 is 0 Å². The molecule has 2 bridgehead atoms. The van der Waals surface area contributed by atoms with Gasteiger partial charge in [-0.25, -0.2) is 9.78 Å². The van der Waals surface area contributed by atoms with Crippen molar-refractivity contribution in [3.63, 3.8) is 0 Å². The Hall–Kier alpha value is -1.06. The molecule has 2 spiro atoms. The molecule has 0 aromatic heterocycles. The zero-order chi connectivity index (χ0) is 19.4. The highest BCUT2D eigenvalue weighted by atomic mass is 17.2. The Morgan fingerprint density at radius 2 is 2.04 bits per heavy atom. The second-order valence-corrected chi connectivity index (χ2v) is 10.6. The normalized spacial score (nSPS) is 45.6. The molecule has 0 radical (unpaired) electrons. The van der Waals surface area contributed by atoms with E-state index in [4.69, 9.17) is 9.78 Å². The van der Waals surface area contributed by atoms with Gasteiger partial charge in [0.25, 0.3) is 0 Å². The van der Waals surface area contributed by atoms with Crippen LogP contribution in [0.4, 0.5) is 0 Å². The SMILES string of the molecule is CCC1CC2CC(C)CC(C2)[C@]12C[C@]1(CCC[C@@H](c3cccc(O)c3)C1)OO2. The number of rotatable bonds is 2. The molecule has 4 unspecified atom stereocenters. The number of hydrogen-bond donors (Lipinski definition) is 1. The first-order valence-corrected chi connectivity index (χ1v) is 11.7. The van der Waals surface area contributed by atoms with E-state index < -0.39 is 0 Å². The minimum Gasteiger partial charge on any atom is -0.508 e. The van der Waals surface area contributed by atoms with Gasteiger partial charge in [0.15, 0.2) is 0 Å². The van der Waals surface area contributed by atoms with Crippen LogP contribution >= 0.6 is 0 Å². The van der Waals surface area contributed by atoms with Crippen molar-refractivity contribution in [3.8, 4) is 5.75 Å². The summed E-state index contributed by atoms with van der Waals surface area (Å²) in [6.45, 7) is 4.78. The van der Waals surface area contributed by atoms with E-state index in [1.807, 2.05) is 12.1 Å². The van der Waals surface area contributed by atoms with E-state index in [1.165, 1.54) is 50.5 Å². The van der Waals surface area contributed by atoms with Crippen LogP contribution in [0.15, 0.2) is 24.3 Å². The molecule has 1 saturated heterocycles. The zero-order valence-electron chi connectivity index (χ0n) is 17.5. The summed E-state index contributed by atoms with van der Waals surface area (Å²) in [5.41, 5.74) is 1.07. The molecule has 1 aliphatic heterocycles. The smallest absolute Gasteiger partial charge is 0.115 e. The summed E-state index contributed by atoms with van der Waals surface area (Å²) >= 11 is 0. The molecule has 28 heavy (non-hydrogen) atoms. The van der Waals surface area contributed by atoms with Gasteiger partial charge < -0.3 is 5.11 Å². The van der Waals surface area contributed by atoms with E-state index in [-0.39, 0.29) is 11.2 Å². The first-order valence-electron chi connectivity index (χ1n) is 11.7. The maximum Gasteiger partial charge on any atom is 0.115 e. The van der Waals surface area contributed by atoms with Gasteiger partial charge in [0.05, 0.1) is 0 Å². The van der Waals surface area contributed by atoms with Gasteiger partial charge in [0, 0.05) is 6.42 Å². The van der Waals surface area contributed by atoms with E-state index in [0.717, 1.165) is 31.1 Å². The van der Waals surface area contributed by atoms with Crippen LogP contribution in [0, 0.1) is 23.7 Å². The number of phenols is 1. The van der Waals surface area contributed by atoms with Crippen LogP contribution in [0.5, 0.6) is 5.75 Å². The molecule has 4 fully saturated rings. The van der Waals surface area contributed by atoms with Gasteiger partial charge in [0.2, 0.25) is 0 Å². The largest absolute Gasteiger partial charge is 0.508 e. The highest BCUT2D eigenvalue weighted by Crippen LogP contribution is 2.61.